The molecule has 0 bridgehead atoms. The first-order valence-electron chi connectivity index (χ1n) is 7.51. The van der Waals surface area contributed by atoms with Crippen LogP contribution in [0.3, 0.4) is 0 Å². The molecule has 0 radical (unpaired) electrons. The van der Waals surface area contributed by atoms with Crippen LogP contribution < -0.4 is 5.73 Å². The fourth-order valence-corrected chi connectivity index (χ4v) is 2.31. The van der Waals surface area contributed by atoms with Crippen LogP contribution >= 0.6 is 0 Å². The van der Waals surface area contributed by atoms with E-state index < -0.39 is 0 Å². The smallest absolute Gasteiger partial charge is 0.251 e. The standard InChI is InChI=1S/C18H20N4O/c1-11-9-14(15(19)20-10-11)17-22-21-16(23-17)12-5-7-13(8-6-12)18(2,3)4/h5-10H,1-4H3,(H2,19,20). The lowest BCUT2D eigenvalue weighted by Gasteiger charge is -2.18. The van der Waals surface area contributed by atoms with Crippen molar-refractivity contribution >= 4 is 5.82 Å². The van der Waals surface area contributed by atoms with Crippen molar-refractivity contribution in [3.63, 3.8) is 0 Å². The number of benzene rings is 1. The molecular weight excluding hydrogens is 288 g/mol. The number of nitrogen functional groups attached to an aromatic ring is 1. The van der Waals surface area contributed by atoms with E-state index in [1.807, 2.05) is 25.1 Å². The van der Waals surface area contributed by atoms with Crippen molar-refractivity contribution in [1.82, 2.24) is 15.2 Å². The van der Waals surface area contributed by atoms with E-state index >= 15 is 0 Å². The lowest BCUT2D eigenvalue weighted by Crippen LogP contribution is -2.10. The lowest BCUT2D eigenvalue weighted by atomic mass is 9.87. The van der Waals surface area contributed by atoms with Crippen molar-refractivity contribution in [2.45, 2.75) is 33.1 Å². The molecule has 23 heavy (non-hydrogen) atoms. The molecule has 0 aliphatic rings. The minimum atomic E-state index is 0.111. The number of aromatic nitrogens is 3. The summed E-state index contributed by atoms with van der Waals surface area (Å²) in [5.41, 5.74) is 9.80. The van der Waals surface area contributed by atoms with Crippen molar-refractivity contribution in [3.05, 3.63) is 47.7 Å². The summed E-state index contributed by atoms with van der Waals surface area (Å²) in [6.07, 6.45) is 1.71. The maximum atomic E-state index is 5.90. The van der Waals surface area contributed by atoms with E-state index in [0.29, 0.717) is 23.2 Å². The molecule has 1 aromatic carbocycles. The maximum absolute atomic E-state index is 5.90. The summed E-state index contributed by atoms with van der Waals surface area (Å²) >= 11 is 0. The van der Waals surface area contributed by atoms with Crippen molar-refractivity contribution in [3.8, 4) is 22.9 Å². The van der Waals surface area contributed by atoms with Crippen LogP contribution in [0.5, 0.6) is 0 Å². The van der Waals surface area contributed by atoms with Crippen molar-refractivity contribution in [2.75, 3.05) is 5.73 Å². The van der Waals surface area contributed by atoms with Gasteiger partial charge in [0.25, 0.3) is 5.89 Å². The van der Waals surface area contributed by atoms with Crippen molar-refractivity contribution < 1.29 is 4.42 Å². The van der Waals surface area contributed by atoms with Crippen molar-refractivity contribution in [2.24, 2.45) is 0 Å². The molecule has 5 nitrogen and oxygen atoms in total. The zero-order valence-electron chi connectivity index (χ0n) is 13.8. The third kappa shape index (κ3) is 3.08. The van der Waals surface area contributed by atoms with E-state index in [1.165, 1.54) is 5.56 Å². The summed E-state index contributed by atoms with van der Waals surface area (Å²) in [4.78, 5) is 4.13. The van der Waals surface area contributed by atoms with Crippen LogP contribution in [0.25, 0.3) is 22.9 Å². The molecule has 0 amide bonds. The monoisotopic (exact) mass is 308 g/mol. The van der Waals surface area contributed by atoms with Crippen LogP contribution in [0.4, 0.5) is 5.82 Å². The first-order chi connectivity index (χ1) is 10.8. The quantitative estimate of drug-likeness (QED) is 0.774. The van der Waals surface area contributed by atoms with Gasteiger partial charge in [-0.2, -0.15) is 0 Å². The molecule has 0 spiro atoms. The third-order valence-electron chi connectivity index (χ3n) is 3.71. The van der Waals surface area contributed by atoms with Gasteiger partial charge in [-0.05, 0) is 41.7 Å². The fourth-order valence-electron chi connectivity index (χ4n) is 2.31. The summed E-state index contributed by atoms with van der Waals surface area (Å²) in [7, 11) is 0. The fraction of sp³-hybridized carbons (Fsp3) is 0.278. The molecule has 2 heterocycles. The molecule has 0 aliphatic carbocycles. The van der Waals surface area contributed by atoms with Gasteiger partial charge in [-0.1, -0.05) is 32.9 Å². The minimum Gasteiger partial charge on any atom is -0.416 e. The van der Waals surface area contributed by atoms with E-state index in [1.54, 1.807) is 6.20 Å². The minimum absolute atomic E-state index is 0.111. The Kier molecular flexibility index (Phi) is 3.64. The first kappa shape index (κ1) is 15.2. The number of aryl methyl sites for hydroxylation is 1. The third-order valence-corrected chi connectivity index (χ3v) is 3.71. The molecule has 2 N–H and O–H groups in total. The van der Waals surface area contributed by atoms with E-state index in [4.69, 9.17) is 10.2 Å². The Morgan fingerprint density at radius 2 is 1.65 bits per heavy atom. The average molecular weight is 308 g/mol. The molecule has 3 aromatic rings. The van der Waals surface area contributed by atoms with Gasteiger partial charge in [-0.3, -0.25) is 0 Å². The number of anilines is 1. The summed E-state index contributed by atoms with van der Waals surface area (Å²) in [6, 6.07) is 10.1. The van der Waals surface area contributed by atoms with E-state index in [9.17, 15) is 0 Å². The van der Waals surface area contributed by atoms with Crippen LogP contribution in [-0.4, -0.2) is 15.2 Å². The van der Waals surface area contributed by atoms with Gasteiger partial charge in [0.15, 0.2) is 0 Å². The number of nitrogens with two attached hydrogens (primary N) is 1. The Hall–Kier alpha value is -2.69. The van der Waals surface area contributed by atoms with Gasteiger partial charge in [0.2, 0.25) is 5.89 Å². The molecular formula is C18H20N4O. The molecule has 5 heteroatoms. The van der Waals surface area contributed by atoms with E-state index in [0.717, 1.165) is 11.1 Å². The van der Waals surface area contributed by atoms with Gasteiger partial charge < -0.3 is 10.2 Å². The molecule has 2 aromatic heterocycles. The Balaban J connectivity index is 1.94. The number of rotatable bonds is 2. The Bertz CT molecular complexity index is 829. The number of nitrogens with zero attached hydrogens (tertiary/aromatic N) is 3. The molecule has 0 fully saturated rings. The largest absolute Gasteiger partial charge is 0.416 e. The van der Waals surface area contributed by atoms with Crippen LogP contribution in [-0.2, 0) is 5.41 Å². The van der Waals surface area contributed by atoms with Gasteiger partial charge in [-0.25, -0.2) is 4.98 Å². The van der Waals surface area contributed by atoms with Crippen LogP contribution in [0.15, 0.2) is 40.9 Å². The second-order valence-corrected chi connectivity index (χ2v) is 6.69. The van der Waals surface area contributed by atoms with Gasteiger partial charge in [0.1, 0.15) is 5.82 Å². The number of pyridine rings is 1. The van der Waals surface area contributed by atoms with Gasteiger partial charge in [0, 0.05) is 11.8 Å². The maximum Gasteiger partial charge on any atom is 0.251 e. The molecule has 0 atom stereocenters. The normalized spacial score (nSPS) is 11.7. The average Bonchev–Trinajstić information content (AvgIpc) is 2.99. The Morgan fingerprint density at radius 1 is 1.00 bits per heavy atom. The van der Waals surface area contributed by atoms with Crippen molar-refractivity contribution in [1.29, 1.82) is 0 Å². The predicted octanol–water partition coefficient (Wildman–Crippen LogP) is 3.99. The summed E-state index contributed by atoms with van der Waals surface area (Å²) in [5.74, 6) is 1.24. The highest BCUT2D eigenvalue weighted by Gasteiger charge is 2.16. The topological polar surface area (TPSA) is 77.8 Å². The molecule has 118 valence electrons. The van der Waals surface area contributed by atoms with Gasteiger partial charge in [-0.15, -0.1) is 10.2 Å². The molecule has 0 aliphatic heterocycles. The lowest BCUT2D eigenvalue weighted by molar-refractivity contribution is 0.582. The van der Waals surface area contributed by atoms with Crippen LogP contribution in [0.2, 0.25) is 0 Å². The zero-order valence-corrected chi connectivity index (χ0v) is 13.8. The van der Waals surface area contributed by atoms with Crippen LogP contribution in [0, 0.1) is 6.92 Å². The van der Waals surface area contributed by atoms with E-state index in [-0.39, 0.29) is 5.41 Å². The highest BCUT2D eigenvalue weighted by atomic mass is 16.4. The molecule has 0 unspecified atom stereocenters. The Labute approximate surface area is 135 Å². The molecule has 0 saturated carbocycles. The summed E-state index contributed by atoms with van der Waals surface area (Å²) in [6.45, 7) is 8.49. The summed E-state index contributed by atoms with van der Waals surface area (Å²) in [5, 5.41) is 8.22. The second-order valence-electron chi connectivity index (χ2n) is 6.69. The summed E-state index contributed by atoms with van der Waals surface area (Å²) < 4.78 is 5.77. The first-order valence-corrected chi connectivity index (χ1v) is 7.51. The van der Waals surface area contributed by atoms with Gasteiger partial charge in [0.05, 0.1) is 5.56 Å². The predicted molar refractivity (Wildman–Crippen MR) is 90.8 cm³/mol. The highest BCUT2D eigenvalue weighted by Crippen LogP contribution is 2.29. The zero-order chi connectivity index (χ0) is 16.6. The highest BCUT2D eigenvalue weighted by molar-refractivity contribution is 5.68. The number of hydrogen-bond donors (Lipinski definition) is 1. The number of hydrogen-bond acceptors (Lipinski definition) is 5. The van der Waals surface area contributed by atoms with E-state index in [2.05, 4.69) is 48.1 Å². The molecule has 3 rings (SSSR count). The SMILES string of the molecule is Cc1cnc(N)c(-c2nnc(-c3ccc(C(C)(C)C)cc3)o2)c1. The Morgan fingerprint density at radius 3 is 2.30 bits per heavy atom. The van der Waals surface area contributed by atoms with Gasteiger partial charge >= 0.3 is 0 Å². The second kappa shape index (κ2) is 5.50. The molecule has 0 saturated heterocycles. The van der Waals surface area contributed by atoms with Crippen LogP contribution in [0.1, 0.15) is 31.9 Å².